The molecule has 1 unspecified atom stereocenters. The van der Waals surface area contributed by atoms with Crippen LogP contribution in [-0.4, -0.2) is 13.1 Å². The van der Waals surface area contributed by atoms with Gasteiger partial charge in [-0.05, 0) is 62.4 Å². The zero-order valence-electron chi connectivity index (χ0n) is 10.2. The highest BCUT2D eigenvalue weighted by atomic mass is 19.1. The normalized spacial score (nSPS) is 19.5. The van der Waals surface area contributed by atoms with Gasteiger partial charge in [-0.1, -0.05) is 24.3 Å². The highest BCUT2D eigenvalue weighted by Crippen LogP contribution is 2.16. The summed E-state index contributed by atoms with van der Waals surface area (Å²) in [5, 5.41) is 3.47. The SMILES string of the molecule is Fc1cccc(CCNCC2CC=CCC2)c1. The molecule has 0 saturated carbocycles. The van der Waals surface area contributed by atoms with Crippen LogP contribution >= 0.6 is 0 Å². The van der Waals surface area contributed by atoms with E-state index in [0.717, 1.165) is 31.0 Å². The van der Waals surface area contributed by atoms with Crippen LogP contribution in [0.25, 0.3) is 0 Å². The van der Waals surface area contributed by atoms with Crippen molar-refractivity contribution in [3.05, 3.63) is 47.8 Å². The summed E-state index contributed by atoms with van der Waals surface area (Å²) in [5.41, 5.74) is 1.07. The Kier molecular flexibility index (Phi) is 4.75. The van der Waals surface area contributed by atoms with Crippen molar-refractivity contribution in [1.82, 2.24) is 5.32 Å². The first kappa shape index (κ1) is 12.3. The van der Waals surface area contributed by atoms with Crippen molar-refractivity contribution in [2.24, 2.45) is 5.92 Å². The quantitative estimate of drug-likeness (QED) is 0.607. The second-order valence-electron chi connectivity index (χ2n) is 4.73. The van der Waals surface area contributed by atoms with E-state index in [1.54, 1.807) is 12.1 Å². The van der Waals surface area contributed by atoms with E-state index in [2.05, 4.69) is 17.5 Å². The molecule has 17 heavy (non-hydrogen) atoms. The number of rotatable bonds is 5. The van der Waals surface area contributed by atoms with Crippen LogP contribution in [0.4, 0.5) is 4.39 Å². The van der Waals surface area contributed by atoms with Crippen molar-refractivity contribution in [3.8, 4) is 0 Å². The van der Waals surface area contributed by atoms with Gasteiger partial charge in [-0.25, -0.2) is 4.39 Å². The Morgan fingerprint density at radius 3 is 3.00 bits per heavy atom. The third kappa shape index (κ3) is 4.31. The van der Waals surface area contributed by atoms with Crippen molar-refractivity contribution < 1.29 is 4.39 Å². The molecule has 1 atom stereocenters. The van der Waals surface area contributed by atoms with Gasteiger partial charge in [0, 0.05) is 0 Å². The minimum atomic E-state index is -0.139. The zero-order valence-corrected chi connectivity index (χ0v) is 10.2. The van der Waals surface area contributed by atoms with Crippen molar-refractivity contribution in [1.29, 1.82) is 0 Å². The summed E-state index contributed by atoms with van der Waals surface area (Å²) in [7, 11) is 0. The lowest BCUT2D eigenvalue weighted by Crippen LogP contribution is -2.25. The molecule has 0 amide bonds. The van der Waals surface area contributed by atoms with Crippen molar-refractivity contribution in [3.63, 3.8) is 0 Å². The van der Waals surface area contributed by atoms with Crippen LogP contribution in [0.15, 0.2) is 36.4 Å². The van der Waals surface area contributed by atoms with Gasteiger partial charge in [0.1, 0.15) is 5.82 Å². The van der Waals surface area contributed by atoms with Crippen molar-refractivity contribution in [2.45, 2.75) is 25.7 Å². The van der Waals surface area contributed by atoms with E-state index in [9.17, 15) is 4.39 Å². The summed E-state index contributed by atoms with van der Waals surface area (Å²) >= 11 is 0. The van der Waals surface area contributed by atoms with Crippen molar-refractivity contribution >= 4 is 0 Å². The summed E-state index contributed by atoms with van der Waals surface area (Å²) < 4.78 is 12.9. The molecule has 0 aliphatic heterocycles. The fraction of sp³-hybridized carbons (Fsp3) is 0.467. The molecule has 2 heteroatoms. The third-order valence-corrected chi connectivity index (χ3v) is 3.29. The lowest BCUT2D eigenvalue weighted by molar-refractivity contribution is 0.442. The maximum absolute atomic E-state index is 12.9. The Labute approximate surface area is 103 Å². The molecule has 2 rings (SSSR count). The Hall–Kier alpha value is -1.15. The van der Waals surface area contributed by atoms with Gasteiger partial charge >= 0.3 is 0 Å². The van der Waals surface area contributed by atoms with Gasteiger partial charge in [0.25, 0.3) is 0 Å². The first-order valence-electron chi connectivity index (χ1n) is 6.45. The van der Waals surface area contributed by atoms with Crippen LogP contribution in [0, 0.1) is 11.7 Å². The molecule has 1 aliphatic rings. The molecule has 0 spiro atoms. The van der Waals surface area contributed by atoms with Crippen LogP contribution in [0.5, 0.6) is 0 Å². The van der Waals surface area contributed by atoms with Gasteiger partial charge < -0.3 is 5.32 Å². The monoisotopic (exact) mass is 233 g/mol. The maximum atomic E-state index is 12.9. The van der Waals surface area contributed by atoms with Crippen LogP contribution in [0.1, 0.15) is 24.8 Å². The van der Waals surface area contributed by atoms with Gasteiger partial charge in [-0.15, -0.1) is 0 Å². The Bertz CT molecular complexity index is 373. The molecule has 1 N–H and O–H groups in total. The Balaban J connectivity index is 1.64. The Morgan fingerprint density at radius 1 is 1.29 bits per heavy atom. The van der Waals surface area contributed by atoms with E-state index < -0.39 is 0 Å². The van der Waals surface area contributed by atoms with Gasteiger partial charge in [0.2, 0.25) is 0 Å². The second-order valence-corrected chi connectivity index (χ2v) is 4.73. The van der Waals surface area contributed by atoms with Crippen LogP contribution in [0.3, 0.4) is 0 Å². The van der Waals surface area contributed by atoms with Crippen molar-refractivity contribution in [2.75, 3.05) is 13.1 Å². The second kappa shape index (κ2) is 6.55. The van der Waals surface area contributed by atoms with Gasteiger partial charge in [-0.3, -0.25) is 0 Å². The molecule has 0 aromatic heterocycles. The zero-order chi connectivity index (χ0) is 11.9. The predicted molar refractivity (Wildman–Crippen MR) is 69.5 cm³/mol. The highest BCUT2D eigenvalue weighted by molar-refractivity contribution is 5.16. The molecule has 0 radical (unpaired) electrons. The van der Waals surface area contributed by atoms with E-state index in [0.29, 0.717) is 0 Å². The third-order valence-electron chi connectivity index (χ3n) is 3.29. The molecule has 1 aliphatic carbocycles. The van der Waals surface area contributed by atoms with Gasteiger partial charge in [0.05, 0.1) is 0 Å². The summed E-state index contributed by atoms with van der Waals surface area (Å²) in [6.45, 7) is 2.02. The molecule has 1 aromatic rings. The van der Waals surface area contributed by atoms with E-state index in [1.807, 2.05) is 6.07 Å². The fourth-order valence-corrected chi connectivity index (χ4v) is 2.27. The molecule has 0 fully saturated rings. The van der Waals surface area contributed by atoms with E-state index in [-0.39, 0.29) is 5.82 Å². The maximum Gasteiger partial charge on any atom is 0.123 e. The topological polar surface area (TPSA) is 12.0 Å². The molecular weight excluding hydrogens is 213 g/mol. The average molecular weight is 233 g/mol. The summed E-state index contributed by atoms with van der Waals surface area (Å²) in [5.74, 6) is 0.646. The van der Waals surface area contributed by atoms with Crippen LogP contribution in [0.2, 0.25) is 0 Å². The minimum Gasteiger partial charge on any atom is -0.316 e. The fourth-order valence-electron chi connectivity index (χ4n) is 2.27. The molecular formula is C15H20FN. The minimum absolute atomic E-state index is 0.139. The highest BCUT2D eigenvalue weighted by Gasteiger charge is 2.08. The molecule has 1 aromatic carbocycles. The first-order valence-corrected chi connectivity index (χ1v) is 6.45. The molecule has 1 nitrogen and oxygen atoms in total. The molecule has 0 bridgehead atoms. The number of halogens is 1. The van der Waals surface area contributed by atoms with E-state index in [4.69, 9.17) is 0 Å². The summed E-state index contributed by atoms with van der Waals surface area (Å²) in [4.78, 5) is 0. The molecule has 0 heterocycles. The number of allylic oxidation sites excluding steroid dienone is 2. The summed E-state index contributed by atoms with van der Waals surface area (Å²) in [6.07, 6.45) is 9.17. The predicted octanol–water partition coefficient (Wildman–Crippen LogP) is 3.31. The lowest BCUT2D eigenvalue weighted by atomic mass is 9.94. The largest absolute Gasteiger partial charge is 0.316 e. The number of hydrogen-bond acceptors (Lipinski definition) is 1. The van der Waals surface area contributed by atoms with Crippen LogP contribution < -0.4 is 5.32 Å². The standard InChI is InChI=1S/C15H20FN/c16-15-8-4-7-13(11-15)9-10-17-12-14-5-2-1-3-6-14/h1-2,4,7-8,11,14,17H,3,5-6,9-10,12H2. The molecule has 0 saturated heterocycles. The van der Waals surface area contributed by atoms with Gasteiger partial charge in [0.15, 0.2) is 0 Å². The number of benzene rings is 1. The average Bonchev–Trinajstić information content (AvgIpc) is 2.36. The van der Waals surface area contributed by atoms with E-state index >= 15 is 0 Å². The van der Waals surface area contributed by atoms with Gasteiger partial charge in [-0.2, -0.15) is 0 Å². The lowest BCUT2D eigenvalue weighted by Gasteiger charge is -2.18. The Morgan fingerprint density at radius 2 is 2.24 bits per heavy atom. The van der Waals surface area contributed by atoms with Crippen LogP contribution in [-0.2, 0) is 6.42 Å². The summed E-state index contributed by atoms with van der Waals surface area (Å²) in [6, 6.07) is 6.86. The van der Waals surface area contributed by atoms with E-state index in [1.165, 1.54) is 25.3 Å². The molecule has 92 valence electrons. The number of nitrogens with one attached hydrogen (secondary N) is 1. The smallest absolute Gasteiger partial charge is 0.123 e. The number of hydrogen-bond donors (Lipinski definition) is 1. The first-order chi connectivity index (χ1) is 8.34.